The van der Waals surface area contributed by atoms with Gasteiger partial charge in [0.2, 0.25) is 0 Å². The van der Waals surface area contributed by atoms with E-state index in [9.17, 15) is 55.5 Å². The SMILES string of the molecule is CC1=CC[C@]2(O)C(=O)c3c(O)cccc3C(=O)[C@@]2(C)[C@H]1C[C@@H](O[C@@H]1O[C@H](CO[C@@H]2O[C@@H](C)[C@H](O)[C@@H](O)[C@H]2O)[C@@H](O)[C@H](O)[C@H]1O)C(C)(C)O. The number of hydrogen-bond donors (Lipinski definition) is 9. The molecule has 2 heterocycles. The molecule has 2 aliphatic carbocycles. The van der Waals surface area contributed by atoms with Gasteiger partial charge in [-0.05, 0) is 53.0 Å². The fraction of sp³-hybridized carbons (Fsp3) is 0.697. The van der Waals surface area contributed by atoms with Crippen LogP contribution in [0, 0.1) is 11.3 Å². The van der Waals surface area contributed by atoms with Gasteiger partial charge in [0.1, 0.15) is 54.1 Å². The Bertz CT molecular complexity index is 1420. The Kier molecular flexibility index (Phi) is 10.0. The number of aromatic hydroxyl groups is 1. The summed E-state index contributed by atoms with van der Waals surface area (Å²) >= 11 is 0. The second kappa shape index (κ2) is 13.1. The van der Waals surface area contributed by atoms with Crippen molar-refractivity contribution in [3.05, 3.63) is 41.0 Å². The molecule has 9 N–H and O–H groups in total. The lowest BCUT2D eigenvalue weighted by molar-refractivity contribution is -0.340. The van der Waals surface area contributed by atoms with Gasteiger partial charge in [-0.3, -0.25) is 9.59 Å². The second-order valence-electron chi connectivity index (χ2n) is 14.2. The molecule has 0 radical (unpaired) electrons. The summed E-state index contributed by atoms with van der Waals surface area (Å²) in [5.41, 5.74) is -5.43. The summed E-state index contributed by atoms with van der Waals surface area (Å²) in [6.45, 7) is 6.89. The number of aliphatic hydroxyl groups is 8. The highest BCUT2D eigenvalue weighted by Gasteiger charge is 2.66. The van der Waals surface area contributed by atoms with E-state index in [0.717, 1.165) is 0 Å². The van der Waals surface area contributed by atoms with Crippen LogP contribution < -0.4 is 0 Å². The number of allylic oxidation sites excluding steroid dienone is 1. The Morgan fingerprint density at radius 2 is 1.56 bits per heavy atom. The van der Waals surface area contributed by atoms with E-state index >= 15 is 0 Å². The first-order valence-corrected chi connectivity index (χ1v) is 15.9. The van der Waals surface area contributed by atoms with Crippen molar-refractivity contribution in [1.82, 2.24) is 0 Å². The van der Waals surface area contributed by atoms with Gasteiger partial charge in [0.05, 0.1) is 35.4 Å². The van der Waals surface area contributed by atoms with E-state index in [4.69, 9.17) is 18.9 Å². The van der Waals surface area contributed by atoms with Gasteiger partial charge in [-0.25, -0.2) is 0 Å². The average molecular weight is 683 g/mol. The van der Waals surface area contributed by atoms with E-state index in [1.54, 1.807) is 13.0 Å². The third-order valence-corrected chi connectivity index (χ3v) is 10.6. The fourth-order valence-corrected chi connectivity index (χ4v) is 7.35. The highest BCUT2D eigenvalue weighted by atomic mass is 16.7. The molecular weight excluding hydrogens is 636 g/mol. The molecule has 48 heavy (non-hydrogen) atoms. The Hall–Kier alpha value is -2.38. The molecule has 2 fully saturated rings. The van der Waals surface area contributed by atoms with Crippen molar-refractivity contribution in [2.45, 2.75) is 126 Å². The van der Waals surface area contributed by atoms with Crippen LogP contribution in [0.25, 0.3) is 0 Å². The molecule has 0 bridgehead atoms. The molecule has 4 aliphatic rings. The standard InChI is InChI=1S/C33H46O15/c1-13-9-10-33(44)28(42)20-15(7-6-8-17(20)34)27(41)32(33,5)16(13)11-19(31(3,4)43)48-30-26(40)24(38)22(36)18(47-30)12-45-29-25(39)23(37)21(35)14(2)46-29/h6-9,14,16,18-19,21-26,29-30,34-40,43-44H,10-12H2,1-5H3/t14-,16-,18+,19+,21-,22+,23+,24-,25+,26+,29+,30-,32+,33-/m0/s1. The Morgan fingerprint density at radius 1 is 0.938 bits per heavy atom. The summed E-state index contributed by atoms with van der Waals surface area (Å²) in [5, 5.41) is 96.2. The predicted octanol–water partition coefficient (Wildman–Crippen LogP) is -1.33. The normalized spacial score (nSPS) is 42.5. The zero-order chi connectivity index (χ0) is 35.7. The number of fused-ring (bicyclic) bond motifs is 2. The first-order valence-electron chi connectivity index (χ1n) is 15.9. The minimum Gasteiger partial charge on any atom is -0.507 e. The lowest BCUT2D eigenvalue weighted by atomic mass is 9.50. The minimum absolute atomic E-state index is 0.0536. The van der Waals surface area contributed by atoms with Crippen LogP contribution in [-0.2, 0) is 18.9 Å². The first-order chi connectivity index (χ1) is 22.2. The van der Waals surface area contributed by atoms with E-state index < -0.39 is 114 Å². The maximum absolute atomic E-state index is 14.2. The summed E-state index contributed by atoms with van der Waals surface area (Å²) in [4.78, 5) is 27.9. The van der Waals surface area contributed by atoms with E-state index in [1.165, 1.54) is 45.9 Å². The number of Topliss-reactive ketones (excluding diaryl/α,β-unsaturated/α-hetero) is 2. The van der Waals surface area contributed by atoms with Crippen LogP contribution in [0.1, 0.15) is 68.2 Å². The van der Waals surface area contributed by atoms with Crippen molar-refractivity contribution in [3.8, 4) is 5.75 Å². The van der Waals surface area contributed by atoms with E-state index in [0.29, 0.717) is 5.57 Å². The average Bonchev–Trinajstić information content (AvgIpc) is 3.02. The summed E-state index contributed by atoms with van der Waals surface area (Å²) < 4.78 is 22.8. The molecule has 15 heteroatoms. The monoisotopic (exact) mass is 682 g/mol. The molecule has 0 aromatic heterocycles. The molecule has 0 saturated carbocycles. The number of ether oxygens (including phenoxy) is 4. The van der Waals surface area contributed by atoms with Gasteiger partial charge in [-0.15, -0.1) is 0 Å². The molecule has 0 unspecified atom stereocenters. The zero-order valence-electron chi connectivity index (χ0n) is 27.3. The minimum atomic E-state index is -2.25. The molecule has 14 atom stereocenters. The molecule has 1 aromatic carbocycles. The third-order valence-electron chi connectivity index (χ3n) is 10.6. The van der Waals surface area contributed by atoms with Gasteiger partial charge < -0.3 is 64.9 Å². The number of benzene rings is 1. The van der Waals surface area contributed by atoms with E-state index in [-0.39, 0.29) is 24.0 Å². The van der Waals surface area contributed by atoms with Gasteiger partial charge in [0.25, 0.3) is 0 Å². The van der Waals surface area contributed by atoms with Crippen molar-refractivity contribution in [2.24, 2.45) is 11.3 Å². The fourth-order valence-electron chi connectivity index (χ4n) is 7.35. The predicted molar refractivity (Wildman–Crippen MR) is 162 cm³/mol. The Morgan fingerprint density at radius 3 is 2.21 bits per heavy atom. The maximum Gasteiger partial charge on any atom is 0.200 e. The molecule has 2 saturated heterocycles. The van der Waals surface area contributed by atoms with Crippen LogP contribution in [0.4, 0.5) is 0 Å². The van der Waals surface area contributed by atoms with E-state index in [1.807, 2.05) is 0 Å². The molecule has 1 aromatic rings. The number of aliphatic hydroxyl groups excluding tert-OH is 6. The molecule has 5 rings (SSSR count). The van der Waals surface area contributed by atoms with Crippen LogP contribution in [0.5, 0.6) is 5.75 Å². The topological polar surface area (TPSA) is 253 Å². The van der Waals surface area contributed by atoms with Crippen molar-refractivity contribution in [2.75, 3.05) is 6.61 Å². The van der Waals surface area contributed by atoms with Crippen molar-refractivity contribution in [1.29, 1.82) is 0 Å². The van der Waals surface area contributed by atoms with Crippen LogP contribution in [0.3, 0.4) is 0 Å². The van der Waals surface area contributed by atoms with Crippen molar-refractivity contribution < 1.29 is 74.5 Å². The third kappa shape index (κ3) is 5.93. The number of phenols is 1. The van der Waals surface area contributed by atoms with Crippen molar-refractivity contribution in [3.63, 3.8) is 0 Å². The lowest BCUT2D eigenvalue weighted by Gasteiger charge is -2.54. The summed E-state index contributed by atoms with van der Waals surface area (Å²) in [6.07, 6.45) is -15.5. The number of ketones is 2. The van der Waals surface area contributed by atoms with Gasteiger partial charge in [-0.2, -0.15) is 0 Å². The molecular formula is C33H46O15. The number of hydrogen-bond acceptors (Lipinski definition) is 15. The van der Waals surface area contributed by atoms with E-state index in [2.05, 4.69) is 0 Å². The quantitative estimate of drug-likeness (QED) is 0.144. The zero-order valence-corrected chi connectivity index (χ0v) is 27.3. The number of phenolic OH excluding ortho intramolecular Hbond substituents is 1. The van der Waals surface area contributed by atoms with Crippen LogP contribution in [0.2, 0.25) is 0 Å². The molecule has 0 amide bonds. The molecule has 0 spiro atoms. The maximum atomic E-state index is 14.2. The summed E-state index contributed by atoms with van der Waals surface area (Å²) in [6, 6.07) is 4.08. The van der Waals surface area contributed by atoms with Gasteiger partial charge in [-0.1, -0.05) is 23.8 Å². The summed E-state index contributed by atoms with van der Waals surface area (Å²) in [5.74, 6) is -2.76. The lowest BCUT2D eigenvalue weighted by Crippen LogP contribution is -2.65. The van der Waals surface area contributed by atoms with Crippen LogP contribution >= 0.6 is 0 Å². The number of carbonyl (C=O) groups is 2. The highest BCUT2D eigenvalue weighted by molar-refractivity contribution is 6.22. The van der Waals surface area contributed by atoms with Crippen molar-refractivity contribution >= 4 is 11.6 Å². The van der Waals surface area contributed by atoms with Gasteiger partial charge in [0.15, 0.2) is 24.1 Å². The molecule has 268 valence electrons. The van der Waals surface area contributed by atoms with Crippen LogP contribution in [-0.4, -0.2) is 143 Å². The molecule has 2 aliphatic heterocycles. The molecule has 15 nitrogen and oxygen atoms in total. The van der Waals surface area contributed by atoms with Gasteiger partial charge in [0, 0.05) is 12.0 Å². The Labute approximate surface area is 276 Å². The number of rotatable bonds is 8. The van der Waals surface area contributed by atoms with Gasteiger partial charge >= 0.3 is 0 Å². The highest BCUT2D eigenvalue weighted by Crippen LogP contribution is 2.57. The summed E-state index contributed by atoms with van der Waals surface area (Å²) in [7, 11) is 0. The van der Waals surface area contributed by atoms with Crippen LogP contribution in [0.15, 0.2) is 29.8 Å². The second-order valence-corrected chi connectivity index (χ2v) is 14.2. The largest absolute Gasteiger partial charge is 0.507 e. The smallest absolute Gasteiger partial charge is 0.200 e. The Balaban J connectivity index is 1.40. The first kappa shape index (κ1) is 36.9. The number of carbonyl (C=O) groups excluding carboxylic acids is 2.